The number of rotatable bonds is 8. The summed E-state index contributed by atoms with van der Waals surface area (Å²) in [6.07, 6.45) is 4.35. The molecule has 0 spiro atoms. The third kappa shape index (κ3) is 7.02. The first kappa shape index (κ1) is 16.3. The zero-order chi connectivity index (χ0) is 14.6. The van der Waals surface area contributed by atoms with Crippen molar-refractivity contribution in [3.8, 4) is 5.75 Å². The molecule has 0 aliphatic carbocycles. The molecular weight excluding hydrogens is 250 g/mol. The van der Waals surface area contributed by atoms with Crippen LogP contribution in [-0.2, 0) is 6.42 Å². The Hall–Kier alpha value is -1.71. The van der Waals surface area contributed by atoms with E-state index in [1.54, 1.807) is 12.1 Å². The van der Waals surface area contributed by atoms with Crippen LogP contribution in [0, 0.1) is 0 Å². The number of phenols is 1. The van der Waals surface area contributed by atoms with Crippen molar-refractivity contribution in [2.24, 2.45) is 4.99 Å². The highest BCUT2D eigenvalue weighted by molar-refractivity contribution is 5.79. The lowest BCUT2D eigenvalue weighted by Crippen LogP contribution is -2.37. The van der Waals surface area contributed by atoms with Crippen molar-refractivity contribution in [1.82, 2.24) is 10.6 Å². The van der Waals surface area contributed by atoms with E-state index in [0.29, 0.717) is 5.75 Å². The highest BCUT2D eigenvalue weighted by Gasteiger charge is 1.97. The molecule has 0 unspecified atom stereocenters. The van der Waals surface area contributed by atoms with E-state index in [1.165, 1.54) is 12.0 Å². The predicted octanol–water partition coefficient (Wildman–Crippen LogP) is 2.68. The summed E-state index contributed by atoms with van der Waals surface area (Å²) in [6.45, 7) is 6.93. The molecule has 1 rings (SSSR count). The van der Waals surface area contributed by atoms with Gasteiger partial charge in [0.25, 0.3) is 0 Å². The molecular formula is C16H27N3O. The summed E-state index contributed by atoms with van der Waals surface area (Å²) in [4.78, 5) is 4.56. The fourth-order valence-corrected chi connectivity index (χ4v) is 1.86. The molecule has 3 N–H and O–H groups in total. The van der Waals surface area contributed by atoms with Gasteiger partial charge in [-0.3, -0.25) is 4.99 Å². The number of phenolic OH excluding ortho intramolecular Hbond substituents is 1. The quantitative estimate of drug-likeness (QED) is 0.389. The SMILES string of the molecule is CCCCNC(=NCCCc1ccc(O)cc1)NCC. The van der Waals surface area contributed by atoms with Gasteiger partial charge in [-0.2, -0.15) is 0 Å². The largest absolute Gasteiger partial charge is 0.508 e. The molecule has 4 nitrogen and oxygen atoms in total. The zero-order valence-corrected chi connectivity index (χ0v) is 12.7. The van der Waals surface area contributed by atoms with Gasteiger partial charge < -0.3 is 15.7 Å². The number of unbranched alkanes of at least 4 members (excludes halogenated alkanes) is 1. The van der Waals surface area contributed by atoms with Gasteiger partial charge in [0.05, 0.1) is 0 Å². The molecule has 0 saturated heterocycles. The van der Waals surface area contributed by atoms with E-state index < -0.39 is 0 Å². The summed E-state index contributed by atoms with van der Waals surface area (Å²) >= 11 is 0. The predicted molar refractivity (Wildman–Crippen MR) is 85.3 cm³/mol. The van der Waals surface area contributed by atoms with Crippen molar-refractivity contribution < 1.29 is 5.11 Å². The minimum atomic E-state index is 0.321. The Morgan fingerprint density at radius 1 is 1.10 bits per heavy atom. The highest BCUT2D eigenvalue weighted by Crippen LogP contribution is 2.10. The van der Waals surface area contributed by atoms with Crippen LogP contribution in [0.5, 0.6) is 5.75 Å². The summed E-state index contributed by atoms with van der Waals surface area (Å²) < 4.78 is 0. The van der Waals surface area contributed by atoms with Gasteiger partial charge in [-0.15, -0.1) is 0 Å². The fourth-order valence-electron chi connectivity index (χ4n) is 1.86. The van der Waals surface area contributed by atoms with Crippen LogP contribution in [0.3, 0.4) is 0 Å². The molecule has 0 aliphatic heterocycles. The van der Waals surface area contributed by atoms with Gasteiger partial charge in [0.1, 0.15) is 5.75 Å². The number of nitrogens with zero attached hydrogens (tertiary/aromatic N) is 1. The number of aromatic hydroxyl groups is 1. The van der Waals surface area contributed by atoms with E-state index >= 15 is 0 Å². The monoisotopic (exact) mass is 277 g/mol. The van der Waals surface area contributed by atoms with Crippen molar-refractivity contribution >= 4 is 5.96 Å². The van der Waals surface area contributed by atoms with Crippen molar-refractivity contribution in [1.29, 1.82) is 0 Å². The van der Waals surface area contributed by atoms with Crippen LogP contribution in [0.1, 0.15) is 38.7 Å². The molecule has 0 atom stereocenters. The Balaban J connectivity index is 2.30. The van der Waals surface area contributed by atoms with Gasteiger partial charge in [-0.05, 0) is 43.9 Å². The molecule has 0 amide bonds. The summed E-state index contributed by atoms with van der Waals surface area (Å²) in [6, 6.07) is 7.39. The third-order valence-corrected chi connectivity index (χ3v) is 3.00. The van der Waals surface area contributed by atoms with Gasteiger partial charge in [0.2, 0.25) is 0 Å². The average Bonchev–Trinajstić information content (AvgIpc) is 2.45. The summed E-state index contributed by atoms with van der Waals surface area (Å²) in [5.41, 5.74) is 1.24. The zero-order valence-electron chi connectivity index (χ0n) is 12.7. The molecule has 1 aromatic rings. The maximum atomic E-state index is 9.22. The molecule has 112 valence electrons. The second kappa shape index (κ2) is 10.1. The molecule has 0 aliphatic rings. The third-order valence-electron chi connectivity index (χ3n) is 3.00. The molecule has 1 aromatic carbocycles. The lowest BCUT2D eigenvalue weighted by molar-refractivity contribution is 0.475. The number of aliphatic imine (C=N–C) groups is 1. The van der Waals surface area contributed by atoms with Crippen LogP contribution in [-0.4, -0.2) is 30.7 Å². The molecule has 0 fully saturated rings. The first-order valence-electron chi connectivity index (χ1n) is 7.56. The number of aryl methyl sites for hydroxylation is 1. The number of nitrogens with one attached hydrogen (secondary N) is 2. The van der Waals surface area contributed by atoms with E-state index in [4.69, 9.17) is 0 Å². The van der Waals surface area contributed by atoms with Gasteiger partial charge in [-0.25, -0.2) is 0 Å². The summed E-state index contributed by atoms with van der Waals surface area (Å²) in [7, 11) is 0. The van der Waals surface area contributed by atoms with E-state index in [-0.39, 0.29) is 0 Å². The lowest BCUT2D eigenvalue weighted by Gasteiger charge is -2.10. The normalized spacial score (nSPS) is 11.4. The molecule has 20 heavy (non-hydrogen) atoms. The molecule has 0 aromatic heterocycles. The first-order valence-corrected chi connectivity index (χ1v) is 7.56. The fraction of sp³-hybridized carbons (Fsp3) is 0.562. The van der Waals surface area contributed by atoms with Crippen LogP contribution in [0.15, 0.2) is 29.3 Å². The van der Waals surface area contributed by atoms with Crippen LogP contribution in [0.2, 0.25) is 0 Å². The van der Waals surface area contributed by atoms with E-state index in [1.807, 2.05) is 12.1 Å². The van der Waals surface area contributed by atoms with Gasteiger partial charge in [0, 0.05) is 19.6 Å². The molecule has 0 heterocycles. The summed E-state index contributed by atoms with van der Waals surface area (Å²) in [5.74, 6) is 1.23. The van der Waals surface area contributed by atoms with E-state index in [0.717, 1.165) is 44.9 Å². The standard InChI is InChI=1S/C16H27N3O/c1-3-5-12-18-16(17-4-2)19-13-6-7-14-8-10-15(20)11-9-14/h8-11,20H,3-7,12-13H2,1-2H3,(H2,17,18,19). The Morgan fingerprint density at radius 3 is 2.50 bits per heavy atom. The van der Waals surface area contributed by atoms with E-state index in [2.05, 4.69) is 29.5 Å². The van der Waals surface area contributed by atoms with Crippen molar-refractivity contribution in [3.05, 3.63) is 29.8 Å². The molecule has 0 bridgehead atoms. The van der Waals surface area contributed by atoms with Crippen molar-refractivity contribution in [2.45, 2.75) is 39.5 Å². The average molecular weight is 277 g/mol. The second-order valence-electron chi connectivity index (χ2n) is 4.81. The summed E-state index contributed by atoms with van der Waals surface area (Å²) in [5, 5.41) is 15.8. The number of hydrogen-bond acceptors (Lipinski definition) is 2. The van der Waals surface area contributed by atoms with Gasteiger partial charge in [-0.1, -0.05) is 25.5 Å². The second-order valence-corrected chi connectivity index (χ2v) is 4.81. The smallest absolute Gasteiger partial charge is 0.191 e. The Morgan fingerprint density at radius 2 is 1.85 bits per heavy atom. The minimum Gasteiger partial charge on any atom is -0.508 e. The first-order chi connectivity index (χ1) is 9.76. The molecule has 4 heteroatoms. The van der Waals surface area contributed by atoms with Crippen LogP contribution < -0.4 is 10.6 Å². The Bertz CT molecular complexity index is 387. The van der Waals surface area contributed by atoms with Crippen molar-refractivity contribution in [2.75, 3.05) is 19.6 Å². The maximum Gasteiger partial charge on any atom is 0.191 e. The van der Waals surface area contributed by atoms with Crippen molar-refractivity contribution in [3.63, 3.8) is 0 Å². The molecule has 0 saturated carbocycles. The topological polar surface area (TPSA) is 56.7 Å². The Kier molecular flexibility index (Phi) is 8.27. The number of hydrogen-bond donors (Lipinski definition) is 3. The number of benzene rings is 1. The Labute approximate surface area is 122 Å². The minimum absolute atomic E-state index is 0.321. The molecule has 0 radical (unpaired) electrons. The number of guanidine groups is 1. The lowest BCUT2D eigenvalue weighted by atomic mass is 10.1. The van der Waals surface area contributed by atoms with Gasteiger partial charge >= 0.3 is 0 Å². The van der Waals surface area contributed by atoms with Gasteiger partial charge in [0.15, 0.2) is 5.96 Å². The highest BCUT2D eigenvalue weighted by atomic mass is 16.3. The van der Waals surface area contributed by atoms with Crippen LogP contribution >= 0.6 is 0 Å². The van der Waals surface area contributed by atoms with Crippen LogP contribution in [0.4, 0.5) is 0 Å². The van der Waals surface area contributed by atoms with Crippen LogP contribution in [0.25, 0.3) is 0 Å². The van der Waals surface area contributed by atoms with E-state index in [9.17, 15) is 5.11 Å². The maximum absolute atomic E-state index is 9.22.